The van der Waals surface area contributed by atoms with Crippen molar-refractivity contribution < 1.29 is 14.3 Å². The third kappa shape index (κ3) is 5.58. The molecular weight excluding hydrogens is 547 g/mol. The smallest absolute Gasteiger partial charge is 0.246 e. The van der Waals surface area contributed by atoms with Crippen LogP contribution in [0, 0.1) is 0 Å². The highest BCUT2D eigenvalue weighted by atomic mass is 127. The van der Waals surface area contributed by atoms with Crippen molar-refractivity contribution in [3.8, 4) is 11.5 Å². The van der Waals surface area contributed by atoms with E-state index < -0.39 is 0 Å². The molecule has 1 saturated heterocycles. The first kappa shape index (κ1) is 24.4. The van der Waals surface area contributed by atoms with Crippen molar-refractivity contribution in [2.24, 2.45) is 12.0 Å². The second kappa shape index (κ2) is 11.1. The van der Waals surface area contributed by atoms with E-state index in [1.807, 2.05) is 37.2 Å². The molecule has 0 bridgehead atoms. The van der Waals surface area contributed by atoms with Gasteiger partial charge in [0.05, 0.1) is 16.9 Å². The molecule has 1 aromatic carbocycles. The van der Waals surface area contributed by atoms with Gasteiger partial charge < -0.3 is 24.6 Å². The highest BCUT2D eigenvalue weighted by Gasteiger charge is 2.27. The highest BCUT2D eigenvalue weighted by molar-refractivity contribution is 14.0. The number of aryl methyl sites for hydroxylation is 1. The Labute approximate surface area is 209 Å². The van der Waals surface area contributed by atoms with E-state index in [1.165, 1.54) is 0 Å². The zero-order valence-electron chi connectivity index (χ0n) is 18.2. The third-order valence-electron chi connectivity index (χ3n) is 5.18. The van der Waals surface area contributed by atoms with Crippen molar-refractivity contribution in [2.45, 2.75) is 13.3 Å². The molecule has 2 aromatic rings. The van der Waals surface area contributed by atoms with Crippen LogP contribution in [0.2, 0.25) is 5.02 Å². The van der Waals surface area contributed by atoms with Gasteiger partial charge in [0.2, 0.25) is 5.91 Å². The van der Waals surface area contributed by atoms with Crippen molar-refractivity contribution in [1.29, 1.82) is 0 Å². The Morgan fingerprint density at radius 1 is 1.28 bits per heavy atom. The summed E-state index contributed by atoms with van der Waals surface area (Å²) in [6, 6.07) is 3.85. The zero-order chi connectivity index (χ0) is 21.8. The second-order valence-corrected chi connectivity index (χ2v) is 7.83. The predicted molar refractivity (Wildman–Crippen MR) is 135 cm³/mol. The van der Waals surface area contributed by atoms with Crippen LogP contribution < -0.4 is 19.7 Å². The molecule has 3 heterocycles. The number of nitrogens with zero attached hydrogens (tertiary/aromatic N) is 5. The van der Waals surface area contributed by atoms with Gasteiger partial charge in [-0.2, -0.15) is 5.10 Å². The van der Waals surface area contributed by atoms with Gasteiger partial charge in [0.1, 0.15) is 19.8 Å². The third-order valence-corrected chi connectivity index (χ3v) is 5.46. The maximum absolute atomic E-state index is 12.7. The highest BCUT2D eigenvalue weighted by Crippen LogP contribution is 2.38. The van der Waals surface area contributed by atoms with Crippen molar-refractivity contribution in [1.82, 2.24) is 20.0 Å². The molecule has 11 heteroatoms. The minimum absolute atomic E-state index is 0. The lowest BCUT2D eigenvalue weighted by atomic mass is 10.1. The fraction of sp³-hybridized carbons (Fsp3) is 0.476. The number of aromatic nitrogens is 2. The summed E-state index contributed by atoms with van der Waals surface area (Å²) in [5.74, 6) is 2.06. The molecule has 2 aliphatic heterocycles. The van der Waals surface area contributed by atoms with Crippen LogP contribution in [0.3, 0.4) is 0 Å². The molecule has 32 heavy (non-hydrogen) atoms. The molecule has 0 aliphatic carbocycles. The molecule has 0 radical (unpaired) electrons. The maximum Gasteiger partial charge on any atom is 0.246 e. The van der Waals surface area contributed by atoms with Crippen LogP contribution in [0.5, 0.6) is 11.5 Å². The molecule has 0 atom stereocenters. The van der Waals surface area contributed by atoms with Gasteiger partial charge in [-0.3, -0.25) is 14.5 Å². The number of anilines is 1. The molecule has 2 aliphatic rings. The van der Waals surface area contributed by atoms with Crippen LogP contribution in [0.25, 0.3) is 0 Å². The van der Waals surface area contributed by atoms with E-state index in [0.717, 1.165) is 23.8 Å². The Hall–Kier alpha value is -2.21. The first-order valence-electron chi connectivity index (χ1n) is 10.5. The molecule has 0 unspecified atom stereocenters. The summed E-state index contributed by atoms with van der Waals surface area (Å²) in [4.78, 5) is 21.2. The van der Waals surface area contributed by atoms with Gasteiger partial charge in [0.15, 0.2) is 17.5 Å². The Balaban J connectivity index is 0.00000289. The molecule has 0 spiro atoms. The Kier molecular flexibility index (Phi) is 8.46. The minimum Gasteiger partial charge on any atom is -0.486 e. The number of piperazine rings is 1. The summed E-state index contributed by atoms with van der Waals surface area (Å²) in [6.45, 7) is 5.90. The average Bonchev–Trinajstić information content (AvgIpc) is 3.19. The maximum atomic E-state index is 12.7. The topological polar surface area (TPSA) is 84.2 Å². The summed E-state index contributed by atoms with van der Waals surface area (Å²) in [6.07, 6.45) is 4.27. The summed E-state index contributed by atoms with van der Waals surface area (Å²) in [5, 5.41) is 8.01. The monoisotopic (exact) mass is 574 g/mol. The molecule has 174 valence electrons. The number of benzene rings is 1. The van der Waals surface area contributed by atoms with Gasteiger partial charge in [-0.1, -0.05) is 11.6 Å². The van der Waals surface area contributed by atoms with Crippen LogP contribution in [0.1, 0.15) is 12.5 Å². The van der Waals surface area contributed by atoms with Crippen molar-refractivity contribution in [2.75, 3.05) is 50.8 Å². The summed E-state index contributed by atoms with van der Waals surface area (Å²) in [7, 11) is 1.84. The molecule has 1 amide bonds. The average molecular weight is 575 g/mol. The Morgan fingerprint density at radius 2 is 2.09 bits per heavy atom. The fourth-order valence-electron chi connectivity index (χ4n) is 3.70. The van der Waals surface area contributed by atoms with Gasteiger partial charge in [-0.05, 0) is 31.0 Å². The standard InChI is InChI=1S/C21H27ClN6O3.HI/c1-3-23-21(27-6-7-28(19(29)14-27)16-12-25-26(2)13-16)24-5-4-15-10-17(22)20-18(11-15)30-8-9-31-20;/h10-13H,3-9,14H2,1-2H3,(H,23,24);1H. The van der Waals surface area contributed by atoms with Crippen molar-refractivity contribution in [3.63, 3.8) is 0 Å². The Bertz CT molecular complexity index is 982. The number of carbonyl (C=O) groups excluding carboxylic acids is 1. The van der Waals surface area contributed by atoms with Gasteiger partial charge >= 0.3 is 0 Å². The number of aliphatic imine (C=N–C) groups is 1. The van der Waals surface area contributed by atoms with Gasteiger partial charge in [-0.15, -0.1) is 24.0 Å². The first-order valence-corrected chi connectivity index (χ1v) is 10.8. The van der Waals surface area contributed by atoms with E-state index in [1.54, 1.807) is 15.8 Å². The molecular formula is C21H28ClIN6O3. The quantitative estimate of drug-likeness (QED) is 0.335. The number of hydrogen-bond donors (Lipinski definition) is 1. The zero-order valence-corrected chi connectivity index (χ0v) is 21.3. The molecule has 0 saturated carbocycles. The lowest BCUT2D eigenvalue weighted by Gasteiger charge is -2.35. The fourth-order valence-corrected chi connectivity index (χ4v) is 3.99. The van der Waals surface area contributed by atoms with Crippen LogP contribution in [0.4, 0.5) is 5.69 Å². The summed E-state index contributed by atoms with van der Waals surface area (Å²) >= 11 is 6.33. The Morgan fingerprint density at radius 3 is 2.81 bits per heavy atom. The number of guanidine groups is 1. The van der Waals surface area contributed by atoms with Gasteiger partial charge in [-0.25, -0.2) is 0 Å². The van der Waals surface area contributed by atoms with Crippen LogP contribution >= 0.6 is 35.6 Å². The number of rotatable bonds is 5. The normalized spacial score (nSPS) is 16.1. The number of hydrogen-bond acceptors (Lipinski definition) is 5. The largest absolute Gasteiger partial charge is 0.486 e. The number of amides is 1. The van der Waals surface area contributed by atoms with E-state index >= 15 is 0 Å². The van der Waals surface area contributed by atoms with E-state index in [9.17, 15) is 4.79 Å². The number of nitrogens with one attached hydrogen (secondary N) is 1. The van der Waals surface area contributed by atoms with Crippen LogP contribution in [0.15, 0.2) is 29.5 Å². The molecule has 4 rings (SSSR count). The minimum atomic E-state index is 0. The summed E-state index contributed by atoms with van der Waals surface area (Å²) < 4.78 is 12.9. The van der Waals surface area contributed by atoms with E-state index in [2.05, 4.69) is 10.4 Å². The van der Waals surface area contributed by atoms with Gasteiger partial charge in [0, 0.05) is 39.4 Å². The predicted octanol–water partition coefficient (Wildman–Crippen LogP) is 2.32. The number of fused-ring (bicyclic) bond motifs is 1. The molecule has 1 fully saturated rings. The number of ether oxygens (including phenoxy) is 2. The van der Waals surface area contributed by atoms with Crippen LogP contribution in [-0.2, 0) is 18.3 Å². The first-order chi connectivity index (χ1) is 15.0. The van der Waals surface area contributed by atoms with Crippen molar-refractivity contribution in [3.05, 3.63) is 35.1 Å². The second-order valence-electron chi connectivity index (χ2n) is 7.43. The van der Waals surface area contributed by atoms with Crippen LogP contribution in [-0.4, -0.2) is 72.5 Å². The lowest BCUT2D eigenvalue weighted by molar-refractivity contribution is -0.120. The van der Waals surface area contributed by atoms with Gasteiger partial charge in [0.25, 0.3) is 0 Å². The molecule has 1 aromatic heterocycles. The van der Waals surface area contributed by atoms with Crippen molar-refractivity contribution >= 4 is 53.1 Å². The van der Waals surface area contributed by atoms with E-state index in [4.69, 9.17) is 26.1 Å². The summed E-state index contributed by atoms with van der Waals surface area (Å²) in [5.41, 5.74) is 1.86. The van der Waals surface area contributed by atoms with E-state index in [0.29, 0.717) is 55.8 Å². The molecule has 9 nitrogen and oxygen atoms in total. The van der Waals surface area contributed by atoms with E-state index in [-0.39, 0.29) is 36.4 Å². The molecule has 1 N–H and O–H groups in total. The lowest BCUT2D eigenvalue weighted by Crippen LogP contribution is -2.55. The number of carbonyl (C=O) groups is 1. The SMILES string of the molecule is CCNC(=NCCc1cc(Cl)c2c(c1)OCCO2)N1CCN(c2cnn(C)c2)C(=O)C1.I. The number of halogens is 2.